The van der Waals surface area contributed by atoms with Crippen LogP contribution < -0.4 is 4.72 Å². The maximum absolute atomic E-state index is 3.36. The quantitative estimate of drug-likeness (QED) is 0.171. The van der Waals surface area contributed by atoms with Crippen molar-refractivity contribution in [2.45, 2.75) is 109 Å². The molecule has 0 spiro atoms. The summed E-state index contributed by atoms with van der Waals surface area (Å²) in [5.41, 5.74) is 0. The smallest absolute Gasteiger partial charge is 0.0164 e. The molecular weight excluding hydrogens is 286 g/mol. The van der Waals surface area contributed by atoms with Crippen LogP contribution in [0.3, 0.4) is 0 Å². The molecule has 1 N–H and O–H groups in total. The Hall–Kier alpha value is 0.0500. The molecule has 0 aliphatic rings. The van der Waals surface area contributed by atoms with E-state index in [9.17, 15) is 0 Å². The topological polar surface area (TPSA) is 12.0 Å². The molecule has 0 radical (unpaired) electrons. The number of hydrogen-bond acceptors (Lipinski definition) is 2. The first-order valence-electron chi connectivity index (χ1n) is 9.84. The molecule has 0 aromatic rings. The van der Waals surface area contributed by atoms with Gasteiger partial charge in [0.25, 0.3) is 0 Å². The minimum absolute atomic E-state index is 0.761. The van der Waals surface area contributed by atoms with Gasteiger partial charge in [0.05, 0.1) is 0 Å². The fourth-order valence-corrected chi connectivity index (χ4v) is 3.35. The Bertz CT molecular complexity index is 228. The molecule has 0 bridgehead atoms. The molecular formula is C20H41NS. The molecule has 0 amide bonds. The molecule has 0 heterocycles. The number of nitrogens with one attached hydrogen (secondary N) is 1. The van der Waals surface area contributed by atoms with Crippen LogP contribution in [0.1, 0.15) is 104 Å². The van der Waals surface area contributed by atoms with E-state index in [0.29, 0.717) is 0 Å². The molecule has 0 aliphatic carbocycles. The van der Waals surface area contributed by atoms with E-state index < -0.39 is 0 Å². The molecule has 0 aromatic heterocycles. The largest absolute Gasteiger partial charge is 0.264 e. The van der Waals surface area contributed by atoms with Crippen LogP contribution >= 0.6 is 11.9 Å². The van der Waals surface area contributed by atoms with Crippen LogP contribution in [0.15, 0.2) is 12.2 Å². The van der Waals surface area contributed by atoms with Gasteiger partial charge in [-0.2, -0.15) is 0 Å². The molecule has 0 saturated carbocycles. The third-order valence-electron chi connectivity index (χ3n) is 4.05. The lowest BCUT2D eigenvalue weighted by atomic mass is 10.1. The van der Waals surface area contributed by atoms with Gasteiger partial charge in [-0.25, -0.2) is 0 Å². The second-order valence-electron chi connectivity index (χ2n) is 6.45. The molecule has 0 fully saturated rings. The highest BCUT2D eigenvalue weighted by Gasteiger charge is 2.00. The first-order chi connectivity index (χ1) is 10.8. The van der Waals surface area contributed by atoms with Gasteiger partial charge in [0.15, 0.2) is 0 Å². The predicted molar refractivity (Wildman–Crippen MR) is 106 cm³/mol. The van der Waals surface area contributed by atoms with Gasteiger partial charge in [0, 0.05) is 11.8 Å². The summed E-state index contributed by atoms with van der Waals surface area (Å²) < 4.78 is 3.36. The van der Waals surface area contributed by atoms with Gasteiger partial charge >= 0.3 is 0 Å². The van der Waals surface area contributed by atoms with Crippen molar-refractivity contribution >= 4 is 11.9 Å². The fourth-order valence-electron chi connectivity index (χ4n) is 2.61. The van der Waals surface area contributed by atoms with Crippen LogP contribution in [0.4, 0.5) is 0 Å². The Morgan fingerprint density at radius 1 is 0.773 bits per heavy atom. The van der Waals surface area contributed by atoms with Crippen LogP contribution in [-0.4, -0.2) is 11.8 Å². The second kappa shape index (κ2) is 19.1. The monoisotopic (exact) mass is 327 g/mol. The standard InChI is InChI=1S/C20H41NS/c1-4-6-7-8-9-10-11-12-13-14-15-16-17-18-19-20(3)22-21-5-2/h12-13,20-21H,4-11,14-19H2,1-3H3. The average Bonchev–Trinajstić information content (AvgIpc) is 2.53. The van der Waals surface area contributed by atoms with Gasteiger partial charge in [-0.05, 0) is 32.1 Å². The third kappa shape index (κ3) is 18.1. The normalized spacial score (nSPS) is 13.0. The van der Waals surface area contributed by atoms with Crippen molar-refractivity contribution in [2.24, 2.45) is 0 Å². The number of unbranched alkanes of at least 4 members (excludes halogenated alkanes) is 10. The molecule has 1 nitrogen and oxygen atoms in total. The van der Waals surface area contributed by atoms with Crippen molar-refractivity contribution in [1.82, 2.24) is 4.72 Å². The van der Waals surface area contributed by atoms with E-state index in [0.717, 1.165) is 11.8 Å². The first-order valence-corrected chi connectivity index (χ1v) is 10.7. The highest BCUT2D eigenvalue weighted by atomic mass is 32.2. The summed E-state index contributed by atoms with van der Waals surface area (Å²) >= 11 is 1.90. The van der Waals surface area contributed by atoms with Crippen molar-refractivity contribution in [2.75, 3.05) is 6.54 Å². The zero-order valence-electron chi connectivity index (χ0n) is 15.5. The first kappa shape index (κ1) is 22.1. The van der Waals surface area contributed by atoms with Crippen LogP contribution in [0.2, 0.25) is 0 Å². The van der Waals surface area contributed by atoms with E-state index in [1.807, 2.05) is 11.9 Å². The maximum Gasteiger partial charge on any atom is 0.0164 e. The van der Waals surface area contributed by atoms with E-state index in [1.54, 1.807) is 0 Å². The average molecular weight is 328 g/mol. The van der Waals surface area contributed by atoms with Crippen LogP contribution in [0, 0.1) is 0 Å². The summed E-state index contributed by atoms with van der Waals surface area (Å²) in [6.07, 6.45) is 22.8. The van der Waals surface area contributed by atoms with E-state index >= 15 is 0 Å². The van der Waals surface area contributed by atoms with Gasteiger partial charge in [-0.1, -0.05) is 96.2 Å². The van der Waals surface area contributed by atoms with E-state index in [2.05, 4.69) is 37.6 Å². The highest BCUT2D eigenvalue weighted by Crippen LogP contribution is 2.15. The van der Waals surface area contributed by atoms with Gasteiger partial charge < -0.3 is 0 Å². The highest BCUT2D eigenvalue weighted by molar-refractivity contribution is 7.98. The molecule has 132 valence electrons. The van der Waals surface area contributed by atoms with Crippen molar-refractivity contribution in [3.05, 3.63) is 12.2 Å². The Morgan fingerprint density at radius 2 is 1.32 bits per heavy atom. The zero-order chi connectivity index (χ0) is 16.3. The summed E-state index contributed by atoms with van der Waals surface area (Å²) in [6.45, 7) is 7.85. The summed E-state index contributed by atoms with van der Waals surface area (Å²) in [5.74, 6) is 0. The maximum atomic E-state index is 3.36. The summed E-state index contributed by atoms with van der Waals surface area (Å²) in [6, 6.07) is 0. The Labute approximate surface area is 145 Å². The molecule has 1 unspecified atom stereocenters. The molecule has 1 atom stereocenters. The van der Waals surface area contributed by atoms with E-state index in [4.69, 9.17) is 0 Å². The van der Waals surface area contributed by atoms with Gasteiger partial charge in [-0.15, -0.1) is 0 Å². The molecule has 0 rings (SSSR count). The summed E-state index contributed by atoms with van der Waals surface area (Å²) in [7, 11) is 0. The fraction of sp³-hybridized carbons (Fsp3) is 0.900. The minimum Gasteiger partial charge on any atom is -0.264 e. The SMILES string of the molecule is CCCCCCCCC=CCCCCCCC(C)SNCC. The van der Waals surface area contributed by atoms with Crippen molar-refractivity contribution < 1.29 is 0 Å². The molecule has 0 aliphatic heterocycles. The molecule has 0 aromatic carbocycles. The Morgan fingerprint density at radius 3 is 1.91 bits per heavy atom. The van der Waals surface area contributed by atoms with Crippen LogP contribution in [-0.2, 0) is 0 Å². The predicted octanol–water partition coefficient (Wildman–Crippen LogP) is 7.28. The Balaban J connectivity index is 3.14. The second-order valence-corrected chi connectivity index (χ2v) is 7.77. The minimum atomic E-state index is 0.761. The Kier molecular flexibility index (Phi) is 19.1. The lowest BCUT2D eigenvalue weighted by molar-refractivity contribution is 0.608. The van der Waals surface area contributed by atoms with E-state index in [1.165, 1.54) is 83.5 Å². The number of rotatable bonds is 17. The van der Waals surface area contributed by atoms with Crippen LogP contribution in [0.5, 0.6) is 0 Å². The zero-order valence-corrected chi connectivity index (χ0v) is 16.4. The number of hydrogen-bond donors (Lipinski definition) is 1. The van der Waals surface area contributed by atoms with Gasteiger partial charge in [-0.3, -0.25) is 4.72 Å². The van der Waals surface area contributed by atoms with Gasteiger partial charge in [0.2, 0.25) is 0 Å². The summed E-state index contributed by atoms with van der Waals surface area (Å²) in [4.78, 5) is 0. The molecule has 22 heavy (non-hydrogen) atoms. The third-order valence-corrected chi connectivity index (χ3v) is 5.14. The van der Waals surface area contributed by atoms with Gasteiger partial charge in [0.1, 0.15) is 0 Å². The lowest BCUT2D eigenvalue weighted by Gasteiger charge is -2.10. The summed E-state index contributed by atoms with van der Waals surface area (Å²) in [5, 5.41) is 0.761. The molecule has 2 heteroatoms. The van der Waals surface area contributed by atoms with E-state index in [-0.39, 0.29) is 0 Å². The van der Waals surface area contributed by atoms with Crippen molar-refractivity contribution in [3.8, 4) is 0 Å². The van der Waals surface area contributed by atoms with Crippen LogP contribution in [0.25, 0.3) is 0 Å². The molecule has 0 saturated heterocycles. The van der Waals surface area contributed by atoms with Crippen molar-refractivity contribution in [3.63, 3.8) is 0 Å². The lowest BCUT2D eigenvalue weighted by Crippen LogP contribution is -2.08. The van der Waals surface area contributed by atoms with Crippen molar-refractivity contribution in [1.29, 1.82) is 0 Å². The number of allylic oxidation sites excluding steroid dienone is 2.